The second kappa shape index (κ2) is 7.28. The summed E-state index contributed by atoms with van der Waals surface area (Å²) in [5, 5.41) is 8.50. The van der Waals surface area contributed by atoms with Crippen LogP contribution in [0.2, 0.25) is 0 Å². The molecule has 0 aliphatic carbocycles. The van der Waals surface area contributed by atoms with E-state index >= 15 is 0 Å². The molecule has 1 aromatic carbocycles. The number of rotatable bonds is 5. The van der Waals surface area contributed by atoms with Crippen LogP contribution in [-0.4, -0.2) is 40.6 Å². The Kier molecular flexibility index (Phi) is 6.09. The molecule has 0 radical (unpaired) electrons. The highest BCUT2D eigenvalue weighted by Crippen LogP contribution is 2.48. The van der Waals surface area contributed by atoms with Crippen molar-refractivity contribution in [2.24, 2.45) is 0 Å². The number of carboxylic acids is 1. The van der Waals surface area contributed by atoms with E-state index in [2.05, 4.69) is 4.74 Å². The first-order valence-electron chi connectivity index (χ1n) is 7.36. The van der Waals surface area contributed by atoms with Crippen LogP contribution in [0, 0.1) is 0 Å². The molecule has 0 aliphatic heterocycles. The molecule has 0 bridgehead atoms. The second-order valence-electron chi connectivity index (χ2n) is 6.52. The molecule has 0 saturated heterocycles. The number of aliphatic carboxylic acids is 1. The van der Waals surface area contributed by atoms with Crippen LogP contribution in [0.5, 0.6) is 5.75 Å². The Balaban J connectivity index is 3.22. The number of benzene rings is 1. The minimum absolute atomic E-state index is 0.211. The lowest BCUT2D eigenvalue weighted by atomic mass is 9.97. The third-order valence-electron chi connectivity index (χ3n) is 3.10. The normalized spacial score (nSPS) is 13.2. The zero-order valence-corrected chi connectivity index (χ0v) is 14.4. The fraction of sp³-hybridized carbons (Fsp3) is 0.500. The number of esters is 1. The molecular weight excluding hydrogens is 386 g/mol. The van der Waals surface area contributed by atoms with Gasteiger partial charge < -0.3 is 14.6 Å². The number of halogens is 6. The summed E-state index contributed by atoms with van der Waals surface area (Å²) >= 11 is 0. The maximum atomic E-state index is 13.1. The molecule has 1 rings (SSSR count). The number of carbonyl (C=O) groups is 2. The number of ether oxygens (including phenoxy) is 2. The standard InChI is InChI=1S/C16H16F6O5/c1-13(2,3)26-10-6-4-9(5-7-10)12(25)27-14(8-11(23)24,15(17,18)19)16(20,21)22/h4-7H,8H2,1-3H3,(H,23,24). The van der Waals surface area contributed by atoms with Crippen molar-refractivity contribution < 1.29 is 50.5 Å². The van der Waals surface area contributed by atoms with Crippen molar-refractivity contribution in [2.75, 3.05) is 0 Å². The monoisotopic (exact) mass is 402 g/mol. The Morgan fingerprint density at radius 3 is 1.70 bits per heavy atom. The van der Waals surface area contributed by atoms with Gasteiger partial charge in [0, 0.05) is 0 Å². The van der Waals surface area contributed by atoms with Gasteiger partial charge in [0.1, 0.15) is 17.8 Å². The van der Waals surface area contributed by atoms with E-state index in [1.807, 2.05) is 0 Å². The first kappa shape index (κ1) is 22.6. The van der Waals surface area contributed by atoms with Crippen LogP contribution >= 0.6 is 0 Å². The molecule has 1 aromatic rings. The van der Waals surface area contributed by atoms with Gasteiger partial charge in [-0.05, 0) is 45.0 Å². The highest BCUT2D eigenvalue weighted by atomic mass is 19.4. The summed E-state index contributed by atoms with van der Waals surface area (Å²) in [6.07, 6.45) is -14.9. The number of carboxylic acid groups (broad SMARTS) is 1. The van der Waals surface area contributed by atoms with Gasteiger partial charge in [0.25, 0.3) is 0 Å². The number of hydrogen-bond donors (Lipinski definition) is 1. The third kappa shape index (κ3) is 5.51. The first-order chi connectivity index (χ1) is 12.0. The van der Waals surface area contributed by atoms with Gasteiger partial charge in [-0.2, -0.15) is 26.3 Å². The Labute approximate surface area is 149 Å². The predicted octanol–water partition coefficient (Wildman–Crippen LogP) is 4.36. The maximum absolute atomic E-state index is 13.1. The molecule has 0 amide bonds. The van der Waals surface area contributed by atoms with E-state index in [0.29, 0.717) is 0 Å². The average molecular weight is 402 g/mol. The van der Waals surface area contributed by atoms with Crippen LogP contribution in [0.4, 0.5) is 26.3 Å². The van der Waals surface area contributed by atoms with E-state index in [0.717, 1.165) is 24.3 Å². The van der Waals surface area contributed by atoms with Crippen LogP contribution in [0.3, 0.4) is 0 Å². The Bertz CT molecular complexity index is 671. The van der Waals surface area contributed by atoms with Gasteiger partial charge in [0.05, 0.1) is 5.56 Å². The predicted molar refractivity (Wildman–Crippen MR) is 79.3 cm³/mol. The van der Waals surface area contributed by atoms with E-state index in [4.69, 9.17) is 9.84 Å². The highest BCUT2D eigenvalue weighted by molar-refractivity contribution is 5.90. The number of hydrogen-bond acceptors (Lipinski definition) is 4. The molecule has 1 N–H and O–H groups in total. The van der Waals surface area contributed by atoms with Crippen LogP contribution in [0.25, 0.3) is 0 Å². The summed E-state index contributed by atoms with van der Waals surface area (Å²) in [5.74, 6) is -4.21. The van der Waals surface area contributed by atoms with Gasteiger partial charge in [-0.1, -0.05) is 0 Å². The molecule has 152 valence electrons. The van der Waals surface area contributed by atoms with Gasteiger partial charge in [0.2, 0.25) is 0 Å². The van der Waals surface area contributed by atoms with Gasteiger partial charge in [-0.15, -0.1) is 0 Å². The van der Waals surface area contributed by atoms with Crippen LogP contribution in [0.1, 0.15) is 37.6 Å². The quantitative estimate of drug-likeness (QED) is 0.585. The summed E-state index contributed by atoms with van der Waals surface area (Å²) in [6.45, 7) is 5.09. The zero-order chi connectivity index (χ0) is 21.3. The lowest BCUT2D eigenvalue weighted by Gasteiger charge is -2.35. The molecule has 0 spiro atoms. The van der Waals surface area contributed by atoms with Crippen LogP contribution in [-0.2, 0) is 9.53 Å². The van der Waals surface area contributed by atoms with E-state index in [9.17, 15) is 35.9 Å². The van der Waals surface area contributed by atoms with E-state index in [-0.39, 0.29) is 5.75 Å². The zero-order valence-electron chi connectivity index (χ0n) is 14.4. The average Bonchev–Trinajstić information content (AvgIpc) is 2.42. The Morgan fingerprint density at radius 1 is 0.926 bits per heavy atom. The lowest BCUT2D eigenvalue weighted by Crippen LogP contribution is -2.60. The molecule has 0 aromatic heterocycles. The van der Waals surface area contributed by atoms with Crippen molar-refractivity contribution in [1.29, 1.82) is 0 Å². The molecule has 0 atom stereocenters. The first-order valence-corrected chi connectivity index (χ1v) is 7.36. The van der Waals surface area contributed by atoms with Crippen molar-refractivity contribution in [1.82, 2.24) is 0 Å². The Morgan fingerprint density at radius 2 is 1.37 bits per heavy atom. The van der Waals surface area contributed by atoms with Gasteiger partial charge in [-0.3, -0.25) is 4.79 Å². The molecule has 0 unspecified atom stereocenters. The minimum Gasteiger partial charge on any atom is -0.488 e. The summed E-state index contributed by atoms with van der Waals surface area (Å²) in [7, 11) is 0. The Hall–Kier alpha value is -2.46. The highest BCUT2D eigenvalue weighted by Gasteiger charge is 2.75. The van der Waals surface area contributed by atoms with E-state index in [1.165, 1.54) is 0 Å². The molecule has 5 nitrogen and oxygen atoms in total. The number of carbonyl (C=O) groups excluding carboxylic acids is 1. The van der Waals surface area contributed by atoms with E-state index in [1.54, 1.807) is 20.8 Å². The SMILES string of the molecule is CC(C)(C)Oc1ccc(C(=O)OC(CC(=O)O)(C(F)(F)F)C(F)(F)F)cc1. The topological polar surface area (TPSA) is 72.8 Å². The van der Waals surface area contributed by atoms with Crippen molar-refractivity contribution in [3.05, 3.63) is 29.8 Å². The fourth-order valence-electron chi connectivity index (χ4n) is 1.96. The van der Waals surface area contributed by atoms with Crippen molar-refractivity contribution in [3.8, 4) is 5.75 Å². The molecular formula is C16H16F6O5. The van der Waals surface area contributed by atoms with Crippen molar-refractivity contribution >= 4 is 11.9 Å². The second-order valence-corrected chi connectivity index (χ2v) is 6.52. The molecule has 0 aliphatic rings. The van der Waals surface area contributed by atoms with E-state index < -0.39 is 47.5 Å². The van der Waals surface area contributed by atoms with Crippen molar-refractivity contribution in [3.63, 3.8) is 0 Å². The molecule has 0 heterocycles. The summed E-state index contributed by atoms with van der Waals surface area (Å²) in [6, 6.07) is 4.12. The smallest absolute Gasteiger partial charge is 0.438 e. The molecule has 0 saturated carbocycles. The number of alkyl halides is 6. The lowest BCUT2D eigenvalue weighted by molar-refractivity contribution is -0.365. The summed E-state index contributed by atoms with van der Waals surface area (Å²) in [5.41, 5.74) is -6.45. The summed E-state index contributed by atoms with van der Waals surface area (Å²) in [4.78, 5) is 22.5. The van der Waals surface area contributed by atoms with Gasteiger partial charge in [0.15, 0.2) is 0 Å². The largest absolute Gasteiger partial charge is 0.488 e. The van der Waals surface area contributed by atoms with Crippen molar-refractivity contribution in [2.45, 2.75) is 50.7 Å². The van der Waals surface area contributed by atoms with Gasteiger partial charge in [-0.25, -0.2) is 4.79 Å². The fourth-order valence-corrected chi connectivity index (χ4v) is 1.96. The maximum Gasteiger partial charge on any atom is 0.438 e. The third-order valence-corrected chi connectivity index (χ3v) is 3.10. The van der Waals surface area contributed by atoms with Crippen LogP contribution < -0.4 is 4.74 Å². The van der Waals surface area contributed by atoms with Crippen LogP contribution in [0.15, 0.2) is 24.3 Å². The molecule has 11 heteroatoms. The molecule has 27 heavy (non-hydrogen) atoms. The molecule has 0 fully saturated rings. The van der Waals surface area contributed by atoms with Gasteiger partial charge >= 0.3 is 29.9 Å². The minimum atomic E-state index is -6.20. The summed E-state index contributed by atoms with van der Waals surface area (Å²) < 4.78 is 87.6.